The van der Waals surface area contributed by atoms with E-state index in [1.54, 1.807) is 13.0 Å². The number of rotatable bonds is 12. The molecule has 0 heterocycles. The number of aliphatic hydroxyl groups is 3. The van der Waals surface area contributed by atoms with E-state index in [1.807, 2.05) is 0 Å². The van der Waals surface area contributed by atoms with Crippen molar-refractivity contribution in [3.8, 4) is 5.75 Å². The number of nitrogens with one attached hydrogen (secondary N) is 1. The molecule has 5 unspecified atom stereocenters. The quantitative estimate of drug-likeness (QED) is 0.147. The highest BCUT2D eigenvalue weighted by molar-refractivity contribution is 7.80. The van der Waals surface area contributed by atoms with Crippen molar-refractivity contribution in [2.24, 2.45) is 5.92 Å². The van der Waals surface area contributed by atoms with Gasteiger partial charge in [-0.2, -0.15) is 25.3 Å². The Bertz CT molecular complexity index is 2010. The number of carboxylic acid groups (broad SMARTS) is 2. The number of aliphatic carboxylic acids is 2. The highest BCUT2D eigenvalue weighted by Crippen LogP contribution is 2.63. The molecule has 12 nitrogen and oxygen atoms in total. The van der Waals surface area contributed by atoms with Crippen LogP contribution >= 0.6 is 25.3 Å². The molecule has 0 aromatic heterocycles. The van der Waals surface area contributed by atoms with Gasteiger partial charge < -0.3 is 35.6 Å². The topological polar surface area (TPSA) is 208 Å². The van der Waals surface area contributed by atoms with Gasteiger partial charge in [0.2, 0.25) is 0 Å². The molecule has 14 heteroatoms. The van der Waals surface area contributed by atoms with E-state index >= 15 is 0 Å². The summed E-state index contributed by atoms with van der Waals surface area (Å²) >= 11 is 8.45. The van der Waals surface area contributed by atoms with Crippen molar-refractivity contribution in [1.29, 1.82) is 0 Å². The number of thiol groups is 2. The highest BCUT2D eigenvalue weighted by atomic mass is 32.1. The maximum atomic E-state index is 14.2. The Morgan fingerprint density at radius 2 is 1.54 bits per heavy atom. The van der Waals surface area contributed by atoms with E-state index < -0.39 is 66.6 Å². The molecular weight excluding hydrogens is 687 g/mol. The molecule has 0 bridgehead atoms. The maximum Gasteiger partial charge on any atom is 0.326 e. The number of carboxylic acids is 2. The Morgan fingerprint density at radius 1 is 0.900 bits per heavy atom. The lowest BCUT2D eigenvalue weighted by Gasteiger charge is -2.45. The van der Waals surface area contributed by atoms with E-state index in [0.717, 1.165) is 0 Å². The summed E-state index contributed by atoms with van der Waals surface area (Å²) in [7, 11) is 1.32. The lowest BCUT2D eigenvalue weighted by Crippen LogP contribution is -2.38. The summed E-state index contributed by atoms with van der Waals surface area (Å²) in [6.45, 7) is 1.78. The van der Waals surface area contributed by atoms with E-state index in [2.05, 4.69) is 30.6 Å². The number of benzene rings is 1. The normalized spacial score (nSPS) is 23.0. The van der Waals surface area contributed by atoms with Crippen molar-refractivity contribution in [3.05, 3.63) is 85.1 Å². The molecular formula is C36H35NO11S2. The lowest BCUT2D eigenvalue weighted by atomic mass is 9.58. The molecule has 5 aliphatic rings. The summed E-state index contributed by atoms with van der Waals surface area (Å²) < 4.78 is 5.98. The molecule has 0 radical (unpaired) electrons. The Kier molecular flexibility index (Phi) is 9.37. The van der Waals surface area contributed by atoms with Crippen LogP contribution in [-0.2, 0) is 19.2 Å². The van der Waals surface area contributed by atoms with Gasteiger partial charge in [0.05, 0.1) is 43.4 Å². The second-order valence-corrected chi connectivity index (χ2v) is 13.6. The van der Waals surface area contributed by atoms with Crippen LogP contribution in [0.3, 0.4) is 0 Å². The van der Waals surface area contributed by atoms with Crippen LogP contribution in [0.25, 0.3) is 5.57 Å². The Morgan fingerprint density at radius 3 is 2.08 bits per heavy atom. The average molecular weight is 722 g/mol. The van der Waals surface area contributed by atoms with E-state index in [1.165, 1.54) is 26.2 Å². The molecule has 1 aromatic carbocycles. The predicted molar refractivity (Wildman–Crippen MR) is 188 cm³/mol. The second-order valence-electron chi connectivity index (χ2n) is 12.8. The van der Waals surface area contributed by atoms with Gasteiger partial charge >= 0.3 is 11.9 Å². The first-order valence-electron chi connectivity index (χ1n) is 15.8. The summed E-state index contributed by atoms with van der Waals surface area (Å²) in [5.41, 5.74) is 3.05. The van der Waals surface area contributed by atoms with Crippen LogP contribution in [0.4, 0.5) is 5.69 Å². The first-order valence-corrected chi connectivity index (χ1v) is 17.1. The molecule has 0 fully saturated rings. The van der Waals surface area contributed by atoms with E-state index in [9.17, 15) is 49.5 Å². The van der Waals surface area contributed by atoms with Crippen molar-refractivity contribution >= 4 is 65.8 Å². The Balaban J connectivity index is 1.90. The summed E-state index contributed by atoms with van der Waals surface area (Å²) in [5, 5.41) is 56.3. The summed E-state index contributed by atoms with van der Waals surface area (Å²) in [6, 6.07) is -1.31. The zero-order valence-electron chi connectivity index (χ0n) is 27.2. The number of hydrogen-bond acceptors (Lipinski definition) is 12. The summed E-state index contributed by atoms with van der Waals surface area (Å²) in [4.78, 5) is 66.4. The zero-order chi connectivity index (χ0) is 36.5. The smallest absolute Gasteiger partial charge is 0.326 e. The minimum absolute atomic E-state index is 0.00614. The SMILES string of the molecule is COc1c(NC(CS)C(=O)O)c2c3c4c1C(C(C)=O)C(C)=CC1=C(CC(CS)C(=O)O)C(O)C5=C(C(=C3C(CO)=CC2=O)C(CO)=CC5=O)C14. The highest BCUT2D eigenvalue weighted by Gasteiger charge is 2.52. The molecule has 262 valence electrons. The maximum absolute atomic E-state index is 14.2. The van der Waals surface area contributed by atoms with Gasteiger partial charge in [-0.15, -0.1) is 0 Å². The number of methoxy groups -OCH3 is 1. The van der Waals surface area contributed by atoms with E-state index in [-0.39, 0.29) is 79.7 Å². The predicted octanol–water partition coefficient (Wildman–Crippen LogP) is 2.58. The van der Waals surface area contributed by atoms with Crippen LogP contribution in [0.15, 0.2) is 62.8 Å². The van der Waals surface area contributed by atoms with Crippen LogP contribution in [-0.4, -0.2) is 98.8 Å². The zero-order valence-corrected chi connectivity index (χ0v) is 29.0. The van der Waals surface area contributed by atoms with Gasteiger partial charge in [-0.3, -0.25) is 19.2 Å². The van der Waals surface area contributed by atoms with Gasteiger partial charge in [-0.1, -0.05) is 11.6 Å². The van der Waals surface area contributed by atoms with Crippen LogP contribution in [0.5, 0.6) is 5.75 Å². The third-order valence-electron chi connectivity index (χ3n) is 10.1. The number of anilines is 1. The fraction of sp³-hybridized carbons (Fsp3) is 0.361. The van der Waals surface area contributed by atoms with Crippen LogP contribution in [0.2, 0.25) is 0 Å². The van der Waals surface area contributed by atoms with Gasteiger partial charge in [-0.25, -0.2) is 4.79 Å². The molecule has 0 aliphatic heterocycles. The fourth-order valence-corrected chi connectivity index (χ4v) is 8.68. The van der Waals surface area contributed by atoms with Crippen LogP contribution in [0.1, 0.15) is 59.2 Å². The molecule has 1 aromatic rings. The van der Waals surface area contributed by atoms with Crippen molar-refractivity contribution < 1.29 is 54.2 Å². The van der Waals surface area contributed by atoms with Crippen molar-refractivity contribution in [1.82, 2.24) is 0 Å². The number of ketones is 3. The number of hydrogen-bond donors (Lipinski definition) is 8. The number of Topliss-reactive ketones (excluding diaryl/α,β-unsaturated/α-hetero) is 1. The molecule has 6 rings (SSSR count). The van der Waals surface area contributed by atoms with Gasteiger partial charge in [0.25, 0.3) is 0 Å². The van der Waals surface area contributed by atoms with Crippen molar-refractivity contribution in [2.75, 3.05) is 37.1 Å². The Hall–Kier alpha value is -4.21. The van der Waals surface area contributed by atoms with Crippen molar-refractivity contribution in [3.63, 3.8) is 0 Å². The number of carbonyl (C=O) groups excluding carboxylic acids is 3. The molecule has 5 atom stereocenters. The van der Waals surface area contributed by atoms with Crippen LogP contribution < -0.4 is 10.1 Å². The molecule has 0 amide bonds. The van der Waals surface area contributed by atoms with Crippen molar-refractivity contribution in [2.45, 2.75) is 44.2 Å². The molecule has 50 heavy (non-hydrogen) atoms. The minimum Gasteiger partial charge on any atom is -0.494 e. The van der Waals surface area contributed by atoms with Gasteiger partial charge in [0.15, 0.2) is 11.6 Å². The standard InChI is InChI=1S/C36H35NO11S2/c1-12-4-17-18(5-16(10-49)35(44)45)33(43)27-21(42)7-15(9-39)23-24-14(8-38)6-20(41)26-29(24)30(25(17)28(23)27)31(22(12)13(2)40)34(48-3)32(26)37-19(11-50)36(46)47/h4,6-7,16,19,22,25,33,37-39,43,49-50H,5,8-11H2,1-3H3,(H,44,45)(H,46,47). The minimum atomic E-state index is -1.58. The number of ether oxygens (including phenoxy) is 1. The van der Waals surface area contributed by atoms with Gasteiger partial charge in [0.1, 0.15) is 23.7 Å². The molecule has 5 aliphatic carbocycles. The molecule has 0 spiro atoms. The summed E-state index contributed by atoms with van der Waals surface area (Å²) in [6.07, 6.45) is 2.28. The van der Waals surface area contributed by atoms with E-state index in [0.29, 0.717) is 27.9 Å². The second kappa shape index (κ2) is 13.2. The lowest BCUT2D eigenvalue weighted by molar-refractivity contribution is -0.141. The van der Waals surface area contributed by atoms with Gasteiger partial charge in [-0.05, 0) is 77.0 Å². The fourth-order valence-electron chi connectivity index (χ4n) is 8.14. The number of allylic oxidation sites excluding steroid dienone is 6. The Labute approximate surface area is 297 Å². The number of carbonyl (C=O) groups is 5. The third kappa shape index (κ3) is 5.07. The summed E-state index contributed by atoms with van der Waals surface area (Å²) in [5.74, 6) is -7.37. The monoisotopic (exact) mass is 721 g/mol. The average Bonchev–Trinajstić information content (AvgIpc) is 3.20. The first-order chi connectivity index (χ1) is 23.8. The molecule has 0 saturated carbocycles. The third-order valence-corrected chi connectivity index (χ3v) is 10.9. The largest absolute Gasteiger partial charge is 0.494 e. The first kappa shape index (κ1) is 35.6. The van der Waals surface area contributed by atoms with Gasteiger partial charge in [0, 0.05) is 34.1 Å². The van der Waals surface area contributed by atoms with E-state index in [4.69, 9.17) is 4.74 Å². The molecule has 0 saturated heterocycles. The van der Waals surface area contributed by atoms with Crippen LogP contribution in [0, 0.1) is 5.92 Å². The number of aliphatic hydroxyl groups excluding tert-OH is 3. The molecule has 6 N–H and O–H groups in total.